The average molecular weight is 362 g/mol. The molecule has 132 valence electrons. The second kappa shape index (κ2) is 8.03. The molecule has 25 heavy (non-hydrogen) atoms. The molecule has 0 aromatic heterocycles. The molecule has 0 atom stereocenters. The van der Waals surface area contributed by atoms with E-state index in [4.69, 9.17) is 21.1 Å². The minimum Gasteiger partial charge on any atom is -0.487 e. The third-order valence-electron chi connectivity index (χ3n) is 3.06. The summed E-state index contributed by atoms with van der Waals surface area (Å²) >= 11 is 6.07. The molecule has 1 N–H and O–H groups in total. The van der Waals surface area contributed by atoms with Gasteiger partial charge in [0.25, 0.3) is 0 Å². The van der Waals surface area contributed by atoms with Crippen LogP contribution in [-0.2, 0) is 11.3 Å². The molecule has 2 aromatic carbocycles. The number of ether oxygens (including phenoxy) is 2. The second-order valence-corrected chi connectivity index (χ2v) is 6.83. The summed E-state index contributed by atoms with van der Waals surface area (Å²) in [7, 11) is 0. The van der Waals surface area contributed by atoms with Gasteiger partial charge in [-0.15, -0.1) is 0 Å². The van der Waals surface area contributed by atoms with Crippen molar-refractivity contribution >= 4 is 29.7 Å². The molecule has 0 radical (unpaired) electrons. The number of benzene rings is 2. The molecule has 0 bridgehead atoms. The van der Waals surface area contributed by atoms with Crippen molar-refractivity contribution < 1.29 is 19.1 Å². The molecule has 0 heterocycles. The molecule has 0 unspecified atom stereocenters. The van der Waals surface area contributed by atoms with Crippen LogP contribution in [0.4, 0.5) is 10.5 Å². The van der Waals surface area contributed by atoms with E-state index in [0.29, 0.717) is 22.0 Å². The molecule has 0 saturated carbocycles. The number of anilines is 1. The Labute approximate surface area is 151 Å². The molecule has 2 aromatic rings. The van der Waals surface area contributed by atoms with Gasteiger partial charge in [-0.3, -0.25) is 10.1 Å². The predicted molar refractivity (Wildman–Crippen MR) is 97.5 cm³/mol. The quantitative estimate of drug-likeness (QED) is 0.754. The largest absolute Gasteiger partial charge is 0.487 e. The molecule has 0 fully saturated rings. The molecule has 0 aliphatic rings. The molecule has 0 aliphatic carbocycles. The lowest BCUT2D eigenvalue weighted by atomic mass is 10.2. The first-order valence-electron chi connectivity index (χ1n) is 7.73. The third-order valence-corrected chi connectivity index (χ3v) is 3.37. The van der Waals surface area contributed by atoms with Crippen LogP contribution < -0.4 is 10.1 Å². The van der Waals surface area contributed by atoms with E-state index in [2.05, 4.69) is 5.32 Å². The van der Waals surface area contributed by atoms with Crippen molar-refractivity contribution in [1.29, 1.82) is 0 Å². The summed E-state index contributed by atoms with van der Waals surface area (Å²) in [5, 5.41) is 3.10. The van der Waals surface area contributed by atoms with Crippen LogP contribution in [0.15, 0.2) is 42.5 Å². The van der Waals surface area contributed by atoms with E-state index < -0.39 is 11.7 Å². The summed E-state index contributed by atoms with van der Waals surface area (Å²) in [5.74, 6) is 0.428. The van der Waals surface area contributed by atoms with Crippen molar-refractivity contribution in [3.05, 3.63) is 58.6 Å². The molecular formula is C19H20ClNO4. The van der Waals surface area contributed by atoms with Gasteiger partial charge in [-0.25, -0.2) is 4.79 Å². The number of nitrogens with one attached hydrogen (secondary N) is 1. The number of hydrogen-bond acceptors (Lipinski definition) is 4. The summed E-state index contributed by atoms with van der Waals surface area (Å²) in [5.41, 5.74) is 1.36. The number of aldehydes is 1. The Morgan fingerprint density at radius 3 is 2.64 bits per heavy atom. The lowest BCUT2D eigenvalue weighted by molar-refractivity contribution is 0.0636. The minimum atomic E-state index is -0.564. The molecule has 5 nitrogen and oxygen atoms in total. The Morgan fingerprint density at radius 1 is 1.20 bits per heavy atom. The van der Waals surface area contributed by atoms with Crippen molar-refractivity contribution in [1.82, 2.24) is 0 Å². The fourth-order valence-electron chi connectivity index (χ4n) is 2.03. The van der Waals surface area contributed by atoms with Crippen molar-refractivity contribution in [2.45, 2.75) is 33.0 Å². The Hall–Kier alpha value is -2.53. The van der Waals surface area contributed by atoms with Crippen LogP contribution in [0.5, 0.6) is 5.75 Å². The Kier molecular flexibility index (Phi) is 6.04. The van der Waals surface area contributed by atoms with Gasteiger partial charge in [0, 0.05) is 11.3 Å². The van der Waals surface area contributed by atoms with Crippen molar-refractivity contribution in [2.24, 2.45) is 0 Å². The number of amides is 1. The number of carbonyl (C=O) groups is 2. The van der Waals surface area contributed by atoms with Gasteiger partial charge in [-0.2, -0.15) is 0 Å². The highest BCUT2D eigenvalue weighted by atomic mass is 35.5. The van der Waals surface area contributed by atoms with Crippen LogP contribution in [0.25, 0.3) is 0 Å². The summed E-state index contributed by atoms with van der Waals surface area (Å²) in [6.45, 7) is 5.64. The molecule has 0 spiro atoms. The fourth-order valence-corrected chi connectivity index (χ4v) is 2.20. The topological polar surface area (TPSA) is 64.6 Å². The highest BCUT2D eigenvalue weighted by molar-refractivity contribution is 6.32. The smallest absolute Gasteiger partial charge is 0.412 e. The molecule has 0 saturated heterocycles. The maximum absolute atomic E-state index is 11.8. The minimum absolute atomic E-state index is 0.242. The normalized spacial score (nSPS) is 10.9. The van der Waals surface area contributed by atoms with Crippen LogP contribution in [0, 0.1) is 0 Å². The van der Waals surface area contributed by atoms with Crippen LogP contribution in [0.3, 0.4) is 0 Å². The first kappa shape index (κ1) is 18.8. The number of rotatable bonds is 5. The monoisotopic (exact) mass is 361 g/mol. The Morgan fingerprint density at radius 2 is 1.96 bits per heavy atom. The van der Waals surface area contributed by atoms with Gasteiger partial charge in [0.2, 0.25) is 0 Å². The zero-order valence-corrected chi connectivity index (χ0v) is 15.1. The van der Waals surface area contributed by atoms with Crippen molar-refractivity contribution in [3.8, 4) is 5.75 Å². The zero-order valence-electron chi connectivity index (χ0n) is 14.3. The SMILES string of the molecule is CC(C)(C)OC(=O)Nc1cccc(COc2cc(C=O)ccc2Cl)c1. The molecular weight excluding hydrogens is 342 g/mol. The van der Waals surface area contributed by atoms with E-state index in [1.165, 1.54) is 0 Å². The second-order valence-electron chi connectivity index (χ2n) is 6.42. The Balaban J connectivity index is 2.02. The maximum Gasteiger partial charge on any atom is 0.412 e. The third kappa shape index (κ3) is 6.12. The van der Waals surface area contributed by atoms with Gasteiger partial charge in [0.15, 0.2) is 0 Å². The van der Waals surface area contributed by atoms with Gasteiger partial charge in [-0.1, -0.05) is 23.7 Å². The van der Waals surface area contributed by atoms with E-state index in [1.807, 2.05) is 6.07 Å². The highest BCUT2D eigenvalue weighted by Crippen LogP contribution is 2.26. The van der Waals surface area contributed by atoms with Gasteiger partial charge in [0.1, 0.15) is 24.2 Å². The number of hydrogen-bond donors (Lipinski definition) is 1. The lowest BCUT2D eigenvalue weighted by Gasteiger charge is -2.19. The van der Waals surface area contributed by atoms with Crippen LogP contribution in [0.1, 0.15) is 36.7 Å². The molecule has 2 rings (SSSR count). The van der Waals surface area contributed by atoms with Crippen LogP contribution >= 0.6 is 11.6 Å². The van der Waals surface area contributed by atoms with Gasteiger partial charge in [0.05, 0.1) is 5.02 Å². The van der Waals surface area contributed by atoms with Crippen LogP contribution in [-0.4, -0.2) is 18.0 Å². The summed E-state index contributed by atoms with van der Waals surface area (Å²) in [6.07, 6.45) is 0.210. The van der Waals surface area contributed by atoms with E-state index in [0.717, 1.165) is 11.8 Å². The molecule has 6 heteroatoms. The van der Waals surface area contributed by atoms with Crippen molar-refractivity contribution in [2.75, 3.05) is 5.32 Å². The molecule has 0 aliphatic heterocycles. The Bertz CT molecular complexity index is 768. The summed E-state index contributed by atoms with van der Waals surface area (Å²) < 4.78 is 10.9. The lowest BCUT2D eigenvalue weighted by Crippen LogP contribution is -2.27. The van der Waals surface area contributed by atoms with Crippen molar-refractivity contribution in [3.63, 3.8) is 0 Å². The fraction of sp³-hybridized carbons (Fsp3) is 0.263. The van der Waals surface area contributed by atoms with E-state index in [-0.39, 0.29) is 6.61 Å². The van der Waals surface area contributed by atoms with E-state index in [9.17, 15) is 9.59 Å². The van der Waals surface area contributed by atoms with Gasteiger partial charge >= 0.3 is 6.09 Å². The van der Waals surface area contributed by atoms with Crippen LogP contribution in [0.2, 0.25) is 5.02 Å². The first-order chi connectivity index (χ1) is 11.8. The number of carbonyl (C=O) groups excluding carboxylic acids is 2. The van der Waals surface area contributed by atoms with Gasteiger partial charge < -0.3 is 9.47 Å². The maximum atomic E-state index is 11.8. The predicted octanol–water partition coefficient (Wildman–Crippen LogP) is 5.08. The van der Waals surface area contributed by atoms with E-state index >= 15 is 0 Å². The highest BCUT2D eigenvalue weighted by Gasteiger charge is 2.16. The standard InChI is InChI=1S/C19H20ClNO4/c1-19(2,3)25-18(23)21-15-6-4-5-14(9-15)12-24-17-10-13(11-22)7-8-16(17)20/h4-11H,12H2,1-3H3,(H,21,23). The first-order valence-corrected chi connectivity index (χ1v) is 8.11. The molecule has 1 amide bonds. The number of halogens is 1. The van der Waals surface area contributed by atoms with E-state index in [1.54, 1.807) is 57.2 Å². The average Bonchev–Trinajstić information content (AvgIpc) is 2.52. The summed E-state index contributed by atoms with van der Waals surface area (Å²) in [4.78, 5) is 22.7. The van der Waals surface area contributed by atoms with Gasteiger partial charge in [-0.05, 0) is 56.7 Å². The zero-order chi connectivity index (χ0) is 18.4. The summed E-state index contributed by atoms with van der Waals surface area (Å²) in [6, 6.07) is 12.0.